The van der Waals surface area contributed by atoms with Gasteiger partial charge in [0.15, 0.2) is 11.5 Å². The predicted molar refractivity (Wildman–Crippen MR) is 119 cm³/mol. The first kappa shape index (κ1) is 20.1. The quantitative estimate of drug-likeness (QED) is 0.456. The molecule has 0 saturated heterocycles. The van der Waals surface area contributed by atoms with E-state index in [2.05, 4.69) is 10.4 Å². The molecule has 30 heavy (non-hydrogen) atoms. The van der Waals surface area contributed by atoms with Gasteiger partial charge in [0.2, 0.25) is 11.0 Å². The normalized spacial score (nSPS) is 10.8. The number of carbonyl (C=O) groups excluding carboxylic acids is 1. The summed E-state index contributed by atoms with van der Waals surface area (Å²) in [5.41, 5.74) is 2.49. The van der Waals surface area contributed by atoms with E-state index in [1.807, 2.05) is 54.1 Å². The van der Waals surface area contributed by atoms with Crippen LogP contribution in [0, 0.1) is 6.92 Å². The van der Waals surface area contributed by atoms with E-state index in [1.165, 1.54) is 11.3 Å². The van der Waals surface area contributed by atoms with E-state index in [9.17, 15) is 4.79 Å². The van der Waals surface area contributed by atoms with Gasteiger partial charge in [-0.05, 0) is 36.6 Å². The fourth-order valence-corrected chi connectivity index (χ4v) is 4.48. The lowest BCUT2D eigenvalue weighted by molar-refractivity contribution is -0.115. The Morgan fingerprint density at radius 3 is 2.70 bits per heavy atom. The van der Waals surface area contributed by atoms with Crippen LogP contribution in [0.4, 0.5) is 5.82 Å². The summed E-state index contributed by atoms with van der Waals surface area (Å²) < 4.78 is 12.3. The number of hydrogen-bond donors (Lipinski definition) is 1. The van der Waals surface area contributed by atoms with Crippen LogP contribution in [-0.4, -0.2) is 34.9 Å². The van der Waals surface area contributed by atoms with Crippen LogP contribution >= 0.6 is 22.7 Å². The van der Waals surface area contributed by atoms with Gasteiger partial charge in [-0.2, -0.15) is 9.78 Å². The molecule has 1 N–H and O–H groups in total. The lowest BCUT2D eigenvalue weighted by Crippen LogP contribution is -2.16. The molecule has 0 atom stereocenters. The third-order valence-corrected chi connectivity index (χ3v) is 6.06. The summed E-state index contributed by atoms with van der Waals surface area (Å²) in [6.07, 6.45) is 0.330. The Kier molecular flexibility index (Phi) is 5.82. The Morgan fingerprint density at radius 1 is 1.13 bits per heavy atom. The Morgan fingerprint density at radius 2 is 1.97 bits per heavy atom. The maximum absolute atomic E-state index is 12.4. The molecule has 154 valence electrons. The van der Waals surface area contributed by atoms with E-state index in [1.54, 1.807) is 30.2 Å². The Balaban J connectivity index is 1.59. The molecule has 9 heteroatoms. The van der Waals surface area contributed by atoms with E-state index in [0.717, 1.165) is 21.8 Å². The number of hydrogen-bond acceptors (Lipinski definition) is 7. The van der Waals surface area contributed by atoms with Gasteiger partial charge in [-0.25, -0.2) is 4.98 Å². The molecule has 0 unspecified atom stereocenters. The first-order chi connectivity index (χ1) is 14.6. The van der Waals surface area contributed by atoms with Gasteiger partial charge < -0.3 is 14.8 Å². The summed E-state index contributed by atoms with van der Waals surface area (Å²) in [6, 6.07) is 11.4. The number of nitrogens with one attached hydrogen (secondary N) is 1. The Bertz CT molecular complexity index is 1170. The van der Waals surface area contributed by atoms with Crippen LogP contribution in [0.15, 0.2) is 47.2 Å². The number of amides is 1. The molecule has 7 nitrogen and oxygen atoms in total. The lowest BCUT2D eigenvalue weighted by atomic mass is 10.1. The molecule has 0 fully saturated rings. The summed E-state index contributed by atoms with van der Waals surface area (Å²) in [7, 11) is 3.21. The maximum Gasteiger partial charge on any atom is 0.230 e. The van der Waals surface area contributed by atoms with Crippen LogP contribution in [0.25, 0.3) is 16.4 Å². The minimum absolute atomic E-state index is 0.0877. The van der Waals surface area contributed by atoms with E-state index >= 15 is 0 Å². The maximum atomic E-state index is 12.4. The number of carbonyl (C=O) groups is 1. The van der Waals surface area contributed by atoms with Crippen molar-refractivity contribution >= 4 is 34.4 Å². The summed E-state index contributed by atoms with van der Waals surface area (Å²) in [5, 5.41) is 12.0. The van der Waals surface area contributed by atoms with Crippen molar-refractivity contribution in [1.82, 2.24) is 14.8 Å². The smallest absolute Gasteiger partial charge is 0.230 e. The number of ether oxygens (including phenoxy) is 2. The van der Waals surface area contributed by atoms with Gasteiger partial charge in [0.05, 0.1) is 32.0 Å². The Hall–Kier alpha value is -3.17. The topological polar surface area (TPSA) is 78.3 Å². The highest BCUT2D eigenvalue weighted by molar-refractivity contribution is 7.12. The number of aryl methyl sites for hydroxylation is 1. The van der Waals surface area contributed by atoms with Crippen molar-refractivity contribution in [3.8, 4) is 27.9 Å². The van der Waals surface area contributed by atoms with Crippen LogP contribution in [0.3, 0.4) is 0 Å². The van der Waals surface area contributed by atoms with E-state index in [-0.39, 0.29) is 5.91 Å². The average molecular weight is 441 g/mol. The number of rotatable bonds is 7. The monoisotopic (exact) mass is 440 g/mol. The molecule has 3 aromatic heterocycles. The number of anilines is 1. The highest BCUT2D eigenvalue weighted by atomic mass is 32.1. The number of benzene rings is 1. The third kappa shape index (κ3) is 4.22. The molecule has 0 saturated carbocycles. The van der Waals surface area contributed by atoms with Gasteiger partial charge in [0.1, 0.15) is 5.82 Å². The zero-order valence-corrected chi connectivity index (χ0v) is 18.3. The van der Waals surface area contributed by atoms with Crippen molar-refractivity contribution in [2.24, 2.45) is 0 Å². The van der Waals surface area contributed by atoms with Crippen molar-refractivity contribution in [3.05, 3.63) is 57.7 Å². The molecule has 0 aliphatic carbocycles. The van der Waals surface area contributed by atoms with Crippen molar-refractivity contribution in [3.63, 3.8) is 0 Å². The van der Waals surface area contributed by atoms with Crippen LogP contribution in [0.1, 0.15) is 10.6 Å². The standard InChI is InChI=1S/C21H20N4O3S2/c1-13-9-19(23-20(26)11-15-5-4-8-29-15)25(24-13)21-22-16(12-30-21)14-6-7-17(27-2)18(10-14)28-3/h4-10,12H,11H2,1-3H3,(H,23,26). The molecular formula is C21H20N4O3S2. The number of thiazole rings is 1. The SMILES string of the molecule is COc1ccc(-c2csc(-n3nc(C)cc3NC(=O)Cc3cccs3)n2)cc1OC. The molecular weight excluding hydrogens is 420 g/mol. The molecule has 0 spiro atoms. The summed E-state index contributed by atoms with van der Waals surface area (Å²) in [4.78, 5) is 18.2. The molecule has 1 aromatic carbocycles. The number of nitrogens with zero attached hydrogens (tertiary/aromatic N) is 3. The highest BCUT2D eigenvalue weighted by Gasteiger charge is 2.16. The minimum Gasteiger partial charge on any atom is -0.493 e. The molecule has 4 rings (SSSR count). The third-order valence-electron chi connectivity index (χ3n) is 4.37. The zero-order valence-electron chi connectivity index (χ0n) is 16.7. The van der Waals surface area contributed by atoms with Crippen LogP contribution < -0.4 is 14.8 Å². The molecule has 0 aliphatic heterocycles. The molecule has 0 radical (unpaired) electrons. The van der Waals surface area contributed by atoms with Crippen LogP contribution in [0.5, 0.6) is 11.5 Å². The van der Waals surface area contributed by atoms with Crippen LogP contribution in [-0.2, 0) is 11.2 Å². The number of methoxy groups -OCH3 is 2. The van der Waals surface area contributed by atoms with Crippen LogP contribution in [0.2, 0.25) is 0 Å². The van der Waals surface area contributed by atoms with Gasteiger partial charge in [-0.15, -0.1) is 22.7 Å². The molecule has 1 amide bonds. The fraction of sp³-hybridized carbons (Fsp3) is 0.190. The highest BCUT2D eigenvalue weighted by Crippen LogP contribution is 2.33. The summed E-state index contributed by atoms with van der Waals surface area (Å²) in [5.74, 6) is 1.81. The van der Waals surface area contributed by atoms with Crippen molar-refractivity contribution in [2.75, 3.05) is 19.5 Å². The lowest BCUT2D eigenvalue weighted by Gasteiger charge is -2.08. The van der Waals surface area contributed by atoms with Gasteiger partial charge in [-0.3, -0.25) is 4.79 Å². The summed E-state index contributed by atoms with van der Waals surface area (Å²) >= 11 is 3.01. The average Bonchev–Trinajstić information content (AvgIpc) is 3.49. The second-order valence-corrected chi connectivity index (χ2v) is 8.34. The molecule has 3 heterocycles. The fourth-order valence-electron chi connectivity index (χ4n) is 2.98. The van der Waals surface area contributed by atoms with Gasteiger partial charge in [-0.1, -0.05) is 6.07 Å². The molecule has 0 aliphatic rings. The van der Waals surface area contributed by atoms with E-state index < -0.39 is 0 Å². The van der Waals surface area contributed by atoms with Crippen molar-refractivity contribution < 1.29 is 14.3 Å². The number of aromatic nitrogens is 3. The first-order valence-electron chi connectivity index (χ1n) is 9.14. The second-order valence-electron chi connectivity index (χ2n) is 6.47. The van der Waals surface area contributed by atoms with Crippen molar-refractivity contribution in [1.29, 1.82) is 0 Å². The van der Waals surface area contributed by atoms with Gasteiger partial charge >= 0.3 is 0 Å². The zero-order chi connectivity index (χ0) is 21.1. The Labute approximate surface area is 181 Å². The largest absolute Gasteiger partial charge is 0.493 e. The second kappa shape index (κ2) is 8.68. The molecule has 0 bridgehead atoms. The number of thiophene rings is 1. The minimum atomic E-state index is -0.0877. The van der Waals surface area contributed by atoms with Crippen molar-refractivity contribution in [2.45, 2.75) is 13.3 Å². The summed E-state index contributed by atoms with van der Waals surface area (Å²) in [6.45, 7) is 1.88. The predicted octanol–water partition coefficient (Wildman–Crippen LogP) is 4.56. The van der Waals surface area contributed by atoms with Gasteiger partial charge in [0, 0.05) is 21.9 Å². The van der Waals surface area contributed by atoms with E-state index in [0.29, 0.717) is 28.9 Å². The first-order valence-corrected chi connectivity index (χ1v) is 10.9. The van der Waals surface area contributed by atoms with Gasteiger partial charge in [0.25, 0.3) is 0 Å². The molecule has 4 aromatic rings. The van der Waals surface area contributed by atoms with E-state index in [4.69, 9.17) is 14.5 Å².